The maximum Gasteiger partial charge on any atom is 0.307 e. The summed E-state index contributed by atoms with van der Waals surface area (Å²) in [5, 5.41) is 14.2. The molecule has 150 valence electrons. The van der Waals surface area contributed by atoms with E-state index in [0.29, 0.717) is 25.4 Å². The standard InChI is InChI=1S/C23H24FN3O2/c1-16-11-18(23(28)29)13-26(12-16)14-19-15-27(21-5-3-2-4-6-21)25-22(19)17-7-9-20(24)10-8-17/h2-10,15-16,18H,11-14H2,1H3,(H,28,29). The van der Waals surface area contributed by atoms with Crippen molar-refractivity contribution in [3.63, 3.8) is 0 Å². The lowest BCUT2D eigenvalue weighted by Crippen LogP contribution is -2.41. The fourth-order valence-electron chi connectivity index (χ4n) is 4.10. The van der Waals surface area contributed by atoms with Crippen LogP contribution in [0.1, 0.15) is 18.9 Å². The number of benzene rings is 2. The zero-order chi connectivity index (χ0) is 20.4. The number of aromatic nitrogens is 2. The van der Waals surface area contributed by atoms with Crippen molar-refractivity contribution in [2.75, 3.05) is 13.1 Å². The number of carboxylic acids is 1. The lowest BCUT2D eigenvalue weighted by atomic mass is 9.90. The van der Waals surface area contributed by atoms with Gasteiger partial charge in [-0.3, -0.25) is 9.69 Å². The molecule has 1 aliphatic rings. The molecular formula is C23H24FN3O2. The first-order valence-electron chi connectivity index (χ1n) is 9.84. The van der Waals surface area contributed by atoms with Crippen molar-refractivity contribution in [3.8, 4) is 16.9 Å². The number of hydrogen-bond acceptors (Lipinski definition) is 3. The Labute approximate surface area is 169 Å². The van der Waals surface area contributed by atoms with Crippen LogP contribution in [0.5, 0.6) is 0 Å². The van der Waals surface area contributed by atoms with Crippen LogP contribution in [0.15, 0.2) is 60.8 Å². The Kier molecular flexibility index (Phi) is 5.45. The molecule has 6 heteroatoms. The van der Waals surface area contributed by atoms with Gasteiger partial charge in [0.1, 0.15) is 5.82 Å². The maximum absolute atomic E-state index is 13.4. The van der Waals surface area contributed by atoms with Crippen molar-refractivity contribution in [1.82, 2.24) is 14.7 Å². The highest BCUT2D eigenvalue weighted by molar-refractivity contribution is 5.70. The average molecular weight is 393 g/mol. The molecule has 3 aromatic rings. The largest absolute Gasteiger partial charge is 0.481 e. The SMILES string of the molecule is CC1CC(C(=O)O)CN(Cc2cn(-c3ccccc3)nc2-c2ccc(F)cc2)C1. The molecule has 1 aliphatic heterocycles. The molecule has 2 heterocycles. The number of nitrogens with zero attached hydrogens (tertiary/aromatic N) is 3. The summed E-state index contributed by atoms with van der Waals surface area (Å²) in [6.45, 7) is 4.08. The van der Waals surface area contributed by atoms with E-state index in [-0.39, 0.29) is 11.7 Å². The van der Waals surface area contributed by atoms with Crippen LogP contribution in [0, 0.1) is 17.7 Å². The summed E-state index contributed by atoms with van der Waals surface area (Å²) in [5.74, 6) is -1.05. The molecular weight excluding hydrogens is 369 g/mol. The minimum absolute atomic E-state index is 0.285. The van der Waals surface area contributed by atoms with E-state index in [2.05, 4.69) is 11.8 Å². The normalized spacial score (nSPS) is 19.9. The van der Waals surface area contributed by atoms with Crippen molar-refractivity contribution in [3.05, 3.63) is 72.2 Å². The molecule has 2 atom stereocenters. The van der Waals surface area contributed by atoms with Crippen molar-refractivity contribution >= 4 is 5.97 Å². The number of halogens is 1. The van der Waals surface area contributed by atoms with Crippen LogP contribution < -0.4 is 0 Å². The van der Waals surface area contributed by atoms with Crippen LogP contribution in [0.3, 0.4) is 0 Å². The van der Waals surface area contributed by atoms with Crippen LogP contribution in [-0.4, -0.2) is 38.8 Å². The van der Waals surface area contributed by atoms with Gasteiger partial charge in [0, 0.05) is 37.0 Å². The summed E-state index contributed by atoms with van der Waals surface area (Å²) in [5.41, 5.74) is 3.58. The molecule has 4 rings (SSSR count). The topological polar surface area (TPSA) is 58.4 Å². The number of para-hydroxylation sites is 1. The Morgan fingerprint density at radius 1 is 1.14 bits per heavy atom. The molecule has 0 amide bonds. The number of rotatable bonds is 5. The summed E-state index contributed by atoms with van der Waals surface area (Å²) in [7, 11) is 0. The lowest BCUT2D eigenvalue weighted by Gasteiger charge is -2.34. The minimum atomic E-state index is -0.736. The quantitative estimate of drug-likeness (QED) is 0.705. The van der Waals surface area contributed by atoms with Crippen molar-refractivity contribution in [2.24, 2.45) is 11.8 Å². The molecule has 2 aromatic carbocycles. The number of piperidine rings is 1. The second-order valence-corrected chi connectivity index (χ2v) is 7.86. The van der Waals surface area contributed by atoms with Crippen molar-refractivity contribution < 1.29 is 14.3 Å². The third-order valence-electron chi connectivity index (χ3n) is 5.41. The van der Waals surface area contributed by atoms with Gasteiger partial charge in [0.05, 0.1) is 17.3 Å². The van der Waals surface area contributed by atoms with Gasteiger partial charge >= 0.3 is 5.97 Å². The summed E-state index contributed by atoms with van der Waals surface area (Å²) < 4.78 is 15.2. The van der Waals surface area contributed by atoms with Gasteiger partial charge in [0.2, 0.25) is 0 Å². The predicted octanol–water partition coefficient (Wildman–Crippen LogP) is 4.22. The Balaban J connectivity index is 1.68. The van der Waals surface area contributed by atoms with E-state index >= 15 is 0 Å². The second kappa shape index (κ2) is 8.17. The van der Waals surface area contributed by atoms with Crippen LogP contribution in [0.4, 0.5) is 4.39 Å². The van der Waals surface area contributed by atoms with Gasteiger partial charge in [0.15, 0.2) is 0 Å². The average Bonchev–Trinajstić information content (AvgIpc) is 3.12. The van der Waals surface area contributed by atoms with Gasteiger partial charge in [-0.2, -0.15) is 5.10 Å². The molecule has 0 bridgehead atoms. The van der Waals surface area contributed by atoms with E-state index in [9.17, 15) is 14.3 Å². The zero-order valence-electron chi connectivity index (χ0n) is 16.3. The first-order valence-corrected chi connectivity index (χ1v) is 9.84. The first-order chi connectivity index (χ1) is 14.0. The van der Waals surface area contributed by atoms with Crippen LogP contribution >= 0.6 is 0 Å². The van der Waals surface area contributed by atoms with Crippen molar-refractivity contribution in [1.29, 1.82) is 0 Å². The Bertz CT molecular complexity index is 985. The number of carbonyl (C=O) groups is 1. The molecule has 29 heavy (non-hydrogen) atoms. The van der Waals surface area contributed by atoms with Crippen LogP contribution in [-0.2, 0) is 11.3 Å². The van der Waals surface area contributed by atoms with E-state index < -0.39 is 5.97 Å². The highest BCUT2D eigenvalue weighted by Gasteiger charge is 2.30. The Morgan fingerprint density at radius 2 is 1.86 bits per heavy atom. The van der Waals surface area contributed by atoms with Gasteiger partial charge in [-0.25, -0.2) is 9.07 Å². The summed E-state index contributed by atoms with van der Waals surface area (Å²) in [6.07, 6.45) is 2.70. The molecule has 0 radical (unpaired) electrons. The molecule has 0 aliphatic carbocycles. The highest BCUT2D eigenvalue weighted by atomic mass is 19.1. The van der Waals surface area contributed by atoms with Crippen LogP contribution in [0.25, 0.3) is 16.9 Å². The van der Waals surface area contributed by atoms with E-state index in [0.717, 1.165) is 29.1 Å². The number of carboxylic acid groups (broad SMARTS) is 1. The van der Waals surface area contributed by atoms with Gasteiger partial charge in [0.25, 0.3) is 0 Å². The fourth-order valence-corrected chi connectivity index (χ4v) is 4.10. The third kappa shape index (κ3) is 4.38. The first kappa shape index (κ1) is 19.3. The summed E-state index contributed by atoms with van der Waals surface area (Å²) in [4.78, 5) is 13.7. The predicted molar refractivity (Wildman–Crippen MR) is 109 cm³/mol. The zero-order valence-corrected chi connectivity index (χ0v) is 16.3. The second-order valence-electron chi connectivity index (χ2n) is 7.86. The fraction of sp³-hybridized carbons (Fsp3) is 0.304. The number of aliphatic carboxylic acids is 1. The highest BCUT2D eigenvalue weighted by Crippen LogP contribution is 2.28. The molecule has 1 saturated heterocycles. The minimum Gasteiger partial charge on any atom is -0.481 e. The third-order valence-corrected chi connectivity index (χ3v) is 5.41. The van der Waals surface area contributed by atoms with E-state index in [1.165, 1.54) is 12.1 Å². The van der Waals surface area contributed by atoms with E-state index in [1.54, 1.807) is 12.1 Å². The Hall–Kier alpha value is -2.99. The summed E-state index contributed by atoms with van der Waals surface area (Å²) in [6, 6.07) is 16.2. The number of likely N-dealkylation sites (tertiary alicyclic amines) is 1. The maximum atomic E-state index is 13.4. The van der Waals surface area contributed by atoms with E-state index in [1.807, 2.05) is 41.2 Å². The lowest BCUT2D eigenvalue weighted by molar-refractivity contribution is -0.144. The molecule has 2 unspecified atom stereocenters. The molecule has 0 spiro atoms. The van der Waals surface area contributed by atoms with Gasteiger partial charge in [-0.15, -0.1) is 0 Å². The van der Waals surface area contributed by atoms with Gasteiger partial charge < -0.3 is 5.11 Å². The van der Waals surface area contributed by atoms with Crippen LogP contribution in [0.2, 0.25) is 0 Å². The smallest absolute Gasteiger partial charge is 0.307 e. The molecule has 1 aromatic heterocycles. The van der Waals surface area contributed by atoms with Crippen molar-refractivity contribution in [2.45, 2.75) is 19.9 Å². The molecule has 5 nitrogen and oxygen atoms in total. The Morgan fingerprint density at radius 3 is 2.55 bits per heavy atom. The molecule has 0 saturated carbocycles. The molecule has 1 N–H and O–H groups in total. The van der Waals surface area contributed by atoms with Gasteiger partial charge in [-0.1, -0.05) is 25.1 Å². The summed E-state index contributed by atoms with van der Waals surface area (Å²) >= 11 is 0. The van der Waals surface area contributed by atoms with Gasteiger partial charge in [-0.05, 0) is 48.7 Å². The van der Waals surface area contributed by atoms with E-state index in [4.69, 9.17) is 5.10 Å². The number of hydrogen-bond donors (Lipinski definition) is 1. The molecule has 1 fully saturated rings. The monoisotopic (exact) mass is 393 g/mol.